The highest BCUT2D eigenvalue weighted by Crippen LogP contribution is 2.52. The van der Waals surface area contributed by atoms with E-state index in [1.54, 1.807) is 0 Å². The van der Waals surface area contributed by atoms with Crippen molar-refractivity contribution in [1.82, 2.24) is 4.57 Å². The molecule has 0 bridgehead atoms. The Morgan fingerprint density at radius 3 is 1.60 bits per heavy atom. The van der Waals surface area contributed by atoms with Crippen LogP contribution in [0.4, 0.5) is 17.1 Å². The molecule has 63 heavy (non-hydrogen) atoms. The summed E-state index contributed by atoms with van der Waals surface area (Å²) in [5.41, 5.74) is 19.5. The average Bonchev–Trinajstić information content (AvgIpc) is 3.79. The van der Waals surface area contributed by atoms with Gasteiger partial charge in [-0.15, -0.1) is 0 Å². The van der Waals surface area contributed by atoms with E-state index in [1.807, 2.05) is 0 Å². The van der Waals surface area contributed by atoms with Gasteiger partial charge in [-0.3, -0.25) is 0 Å². The Bertz CT molecular complexity index is 3500. The normalized spacial score (nSPS) is 12.7. The summed E-state index contributed by atoms with van der Waals surface area (Å²) < 4.78 is 2.38. The van der Waals surface area contributed by atoms with Gasteiger partial charge in [0.25, 0.3) is 0 Å². The van der Waals surface area contributed by atoms with Gasteiger partial charge in [-0.1, -0.05) is 178 Å². The van der Waals surface area contributed by atoms with E-state index in [4.69, 9.17) is 0 Å². The minimum atomic E-state index is -0.218. The Kier molecular flexibility index (Phi) is 8.55. The topological polar surface area (TPSA) is 8.17 Å². The number of anilines is 3. The van der Waals surface area contributed by atoms with Gasteiger partial charge < -0.3 is 9.47 Å². The standard InChI is InChI=1S/C61H44N2/c1-61(2)56-39-47(46-31-37-60-55(38-46)54-21-11-12-22-59(54)63(60)48-18-7-4-8-19-48)30-35-52(56)53-36-34-50(40-57(53)61)62(58-23-13-17-45-16-9-10-20-51(45)58)49-32-28-44(29-33-49)43-26-24-42(25-27-43)41-14-5-3-6-15-41/h3-40H,1-2H3. The molecule has 0 amide bonds. The molecule has 0 radical (unpaired) electrons. The fraction of sp³-hybridized carbons (Fsp3) is 0.0492. The van der Waals surface area contributed by atoms with Crippen molar-refractivity contribution in [2.45, 2.75) is 19.3 Å². The predicted molar refractivity (Wildman–Crippen MR) is 267 cm³/mol. The number of benzene rings is 10. The minimum absolute atomic E-state index is 0.218. The zero-order chi connectivity index (χ0) is 42.1. The Hall–Kier alpha value is -7.94. The highest BCUT2D eigenvalue weighted by atomic mass is 15.1. The summed E-state index contributed by atoms with van der Waals surface area (Å²) in [6, 6.07) is 84.6. The van der Waals surface area contributed by atoms with Crippen LogP contribution in [-0.2, 0) is 5.41 Å². The van der Waals surface area contributed by atoms with Gasteiger partial charge in [0.05, 0.1) is 16.7 Å². The number of para-hydroxylation sites is 2. The predicted octanol–water partition coefficient (Wildman–Crippen LogP) is 16.7. The van der Waals surface area contributed by atoms with Crippen LogP contribution >= 0.6 is 0 Å². The summed E-state index contributed by atoms with van der Waals surface area (Å²) in [6.07, 6.45) is 0. The van der Waals surface area contributed by atoms with Crippen molar-refractivity contribution in [3.63, 3.8) is 0 Å². The maximum Gasteiger partial charge on any atom is 0.0541 e. The SMILES string of the molecule is CC1(C)c2cc(-c3ccc4c(c3)c3ccccc3n4-c3ccccc3)ccc2-c2ccc(N(c3ccc(-c4ccc(-c5ccccc5)cc4)cc3)c3cccc4ccccc34)cc21. The molecule has 0 unspecified atom stereocenters. The maximum atomic E-state index is 2.44. The Morgan fingerprint density at radius 1 is 0.349 bits per heavy atom. The van der Waals surface area contributed by atoms with Gasteiger partial charge in [-0.25, -0.2) is 0 Å². The van der Waals surface area contributed by atoms with E-state index < -0.39 is 0 Å². The van der Waals surface area contributed by atoms with E-state index in [0.29, 0.717) is 0 Å². The molecule has 1 heterocycles. The molecule has 0 atom stereocenters. The quantitative estimate of drug-likeness (QED) is 0.156. The second-order valence-corrected chi connectivity index (χ2v) is 17.4. The van der Waals surface area contributed by atoms with Crippen LogP contribution < -0.4 is 4.90 Å². The van der Waals surface area contributed by atoms with Crippen LogP contribution in [0.1, 0.15) is 25.0 Å². The van der Waals surface area contributed by atoms with Crippen molar-refractivity contribution in [3.05, 3.63) is 242 Å². The van der Waals surface area contributed by atoms with Gasteiger partial charge in [-0.2, -0.15) is 0 Å². The largest absolute Gasteiger partial charge is 0.310 e. The molecule has 1 aliphatic carbocycles. The average molecular weight is 805 g/mol. The smallest absolute Gasteiger partial charge is 0.0541 e. The summed E-state index contributed by atoms with van der Waals surface area (Å²) in [6.45, 7) is 4.78. The van der Waals surface area contributed by atoms with Gasteiger partial charge >= 0.3 is 0 Å². The molecule has 0 saturated carbocycles. The van der Waals surface area contributed by atoms with Crippen LogP contribution in [0, 0.1) is 0 Å². The van der Waals surface area contributed by atoms with Crippen molar-refractivity contribution in [2.75, 3.05) is 4.90 Å². The lowest BCUT2D eigenvalue weighted by Crippen LogP contribution is -2.16. The number of hydrogen-bond acceptors (Lipinski definition) is 1. The van der Waals surface area contributed by atoms with E-state index in [1.165, 1.54) is 93.9 Å². The van der Waals surface area contributed by atoms with Gasteiger partial charge in [-0.05, 0) is 128 Å². The van der Waals surface area contributed by atoms with Crippen LogP contribution in [0.5, 0.6) is 0 Å². The van der Waals surface area contributed by atoms with Gasteiger partial charge in [0.1, 0.15) is 0 Å². The third-order valence-corrected chi connectivity index (χ3v) is 13.4. The minimum Gasteiger partial charge on any atom is -0.310 e. The second kappa shape index (κ2) is 14.6. The lowest BCUT2D eigenvalue weighted by atomic mass is 9.81. The highest BCUT2D eigenvalue weighted by molar-refractivity contribution is 6.10. The molecule has 10 aromatic carbocycles. The number of nitrogens with zero attached hydrogens (tertiary/aromatic N) is 2. The second-order valence-electron chi connectivity index (χ2n) is 17.4. The van der Waals surface area contributed by atoms with E-state index >= 15 is 0 Å². The van der Waals surface area contributed by atoms with Crippen molar-refractivity contribution in [2.24, 2.45) is 0 Å². The zero-order valence-electron chi connectivity index (χ0n) is 35.3. The number of fused-ring (bicyclic) bond motifs is 7. The third kappa shape index (κ3) is 6.09. The lowest BCUT2D eigenvalue weighted by Gasteiger charge is -2.29. The highest BCUT2D eigenvalue weighted by Gasteiger charge is 2.36. The summed E-state index contributed by atoms with van der Waals surface area (Å²) in [7, 11) is 0. The van der Waals surface area contributed by atoms with Crippen LogP contribution in [-0.4, -0.2) is 4.57 Å². The molecular weight excluding hydrogens is 761 g/mol. The first-order valence-corrected chi connectivity index (χ1v) is 21.9. The van der Waals surface area contributed by atoms with E-state index in [-0.39, 0.29) is 5.41 Å². The molecule has 1 aliphatic rings. The molecule has 0 aliphatic heterocycles. The monoisotopic (exact) mass is 804 g/mol. The molecule has 2 heteroatoms. The van der Waals surface area contributed by atoms with E-state index in [2.05, 4.69) is 254 Å². The molecule has 2 nitrogen and oxygen atoms in total. The first-order chi connectivity index (χ1) is 31.0. The first kappa shape index (κ1) is 36.9. The van der Waals surface area contributed by atoms with Gasteiger partial charge in [0.15, 0.2) is 0 Å². The molecule has 11 aromatic rings. The van der Waals surface area contributed by atoms with Crippen molar-refractivity contribution in [1.29, 1.82) is 0 Å². The van der Waals surface area contributed by atoms with Crippen molar-refractivity contribution >= 4 is 49.6 Å². The first-order valence-electron chi connectivity index (χ1n) is 21.9. The van der Waals surface area contributed by atoms with Crippen molar-refractivity contribution in [3.8, 4) is 50.2 Å². The zero-order valence-corrected chi connectivity index (χ0v) is 35.3. The fourth-order valence-electron chi connectivity index (χ4n) is 10.2. The molecule has 0 fully saturated rings. The van der Waals surface area contributed by atoms with Crippen molar-refractivity contribution < 1.29 is 0 Å². The molecule has 0 saturated heterocycles. The molecule has 0 N–H and O–H groups in total. The summed E-state index contributed by atoms with van der Waals surface area (Å²) in [5, 5.41) is 4.97. The van der Waals surface area contributed by atoms with E-state index in [9.17, 15) is 0 Å². The van der Waals surface area contributed by atoms with Crippen LogP contribution in [0.2, 0.25) is 0 Å². The summed E-state index contributed by atoms with van der Waals surface area (Å²) >= 11 is 0. The fourth-order valence-corrected chi connectivity index (χ4v) is 10.2. The van der Waals surface area contributed by atoms with Crippen LogP contribution in [0.3, 0.4) is 0 Å². The van der Waals surface area contributed by atoms with E-state index in [0.717, 1.165) is 17.1 Å². The lowest BCUT2D eigenvalue weighted by molar-refractivity contribution is 0.660. The number of aromatic nitrogens is 1. The molecule has 1 aromatic heterocycles. The molecule has 12 rings (SSSR count). The number of hydrogen-bond donors (Lipinski definition) is 0. The van der Waals surface area contributed by atoms with Gasteiger partial charge in [0, 0.05) is 38.6 Å². The summed E-state index contributed by atoms with van der Waals surface area (Å²) in [5.74, 6) is 0. The Morgan fingerprint density at radius 2 is 0.857 bits per heavy atom. The third-order valence-electron chi connectivity index (χ3n) is 13.4. The van der Waals surface area contributed by atoms with Gasteiger partial charge in [0.2, 0.25) is 0 Å². The Balaban J connectivity index is 0.925. The Labute approximate surface area is 368 Å². The molecular formula is C61H44N2. The summed E-state index contributed by atoms with van der Waals surface area (Å²) in [4.78, 5) is 2.44. The molecule has 298 valence electrons. The molecule has 0 spiro atoms. The number of rotatable bonds is 7. The van der Waals surface area contributed by atoms with Crippen LogP contribution in [0.15, 0.2) is 231 Å². The van der Waals surface area contributed by atoms with Crippen LogP contribution in [0.25, 0.3) is 82.8 Å². The maximum absolute atomic E-state index is 2.44.